The van der Waals surface area contributed by atoms with Gasteiger partial charge in [0.25, 0.3) is 0 Å². The zero-order chi connectivity index (χ0) is 8.04. The number of hydrogen-bond acceptors (Lipinski definition) is 0. The molecule has 0 saturated carbocycles. The standard InChI is InChI=1S/C5H5.4ClH.Mo/c1-2-4-5-3-1;;;;;/h1-3H,4H2;4*1H;/q-1;;;;;+4/p-4. The normalized spacial score (nSPS) is 16.4. The Morgan fingerprint density at radius 1 is 1.20 bits per heavy atom. The molecule has 0 aromatic heterocycles. The van der Waals surface area contributed by atoms with Gasteiger partial charge < -0.3 is 0 Å². The summed E-state index contributed by atoms with van der Waals surface area (Å²) in [6, 6.07) is 0. The molecule has 0 aliphatic heterocycles. The number of halogens is 4. The molecular weight excluding hydrogens is 298 g/mol. The molecule has 0 aromatic rings. The van der Waals surface area contributed by atoms with Crippen LogP contribution in [0.5, 0.6) is 0 Å². The summed E-state index contributed by atoms with van der Waals surface area (Å²) in [5.74, 6) is 0. The van der Waals surface area contributed by atoms with E-state index in [1.54, 1.807) is 0 Å². The molecular formula is C5H5Cl4Mo-. The van der Waals surface area contributed by atoms with E-state index in [1.165, 1.54) is 0 Å². The van der Waals surface area contributed by atoms with Crippen molar-refractivity contribution in [3.05, 3.63) is 24.3 Å². The first-order chi connectivity index (χ1) is 4.50. The minimum absolute atomic E-state index is 1.01. The van der Waals surface area contributed by atoms with E-state index in [-0.39, 0.29) is 0 Å². The molecule has 1 rings (SSSR count). The van der Waals surface area contributed by atoms with E-state index in [2.05, 4.69) is 12.2 Å². The summed E-state index contributed by atoms with van der Waals surface area (Å²) in [7, 11) is 20.1. The quantitative estimate of drug-likeness (QED) is 0.467. The molecule has 0 atom stereocenters. The van der Waals surface area contributed by atoms with Gasteiger partial charge in [-0.1, -0.05) is 0 Å². The summed E-state index contributed by atoms with van der Waals surface area (Å²) in [5, 5.41) is 0. The summed E-state index contributed by atoms with van der Waals surface area (Å²) >= 11 is -3.13. The Bertz CT molecular complexity index is 119. The Morgan fingerprint density at radius 2 is 1.70 bits per heavy atom. The first-order valence-corrected chi connectivity index (χ1v) is 12.7. The van der Waals surface area contributed by atoms with Crippen molar-refractivity contribution < 1.29 is 11.9 Å². The predicted octanol–water partition coefficient (Wildman–Crippen LogP) is 4.06. The SMILES string of the molecule is [C-]1=CC=CC1.[Cl][Mo]([Cl])([Cl])[Cl]. The van der Waals surface area contributed by atoms with E-state index >= 15 is 0 Å². The van der Waals surface area contributed by atoms with Crippen LogP contribution in [0.3, 0.4) is 0 Å². The van der Waals surface area contributed by atoms with Crippen molar-refractivity contribution in [3.8, 4) is 0 Å². The van der Waals surface area contributed by atoms with Crippen molar-refractivity contribution in [3.63, 3.8) is 0 Å². The van der Waals surface area contributed by atoms with E-state index in [0.717, 1.165) is 6.42 Å². The van der Waals surface area contributed by atoms with Crippen molar-refractivity contribution >= 4 is 37.7 Å². The van der Waals surface area contributed by atoms with Gasteiger partial charge >= 0.3 is 49.6 Å². The van der Waals surface area contributed by atoms with E-state index in [0.29, 0.717) is 0 Å². The van der Waals surface area contributed by atoms with Gasteiger partial charge in [-0.3, -0.25) is 6.08 Å². The van der Waals surface area contributed by atoms with Crippen LogP contribution < -0.4 is 0 Å². The van der Waals surface area contributed by atoms with Crippen LogP contribution in [-0.2, 0) is 11.9 Å². The van der Waals surface area contributed by atoms with Crippen molar-refractivity contribution in [2.24, 2.45) is 0 Å². The van der Waals surface area contributed by atoms with Crippen LogP contribution in [0.2, 0.25) is 0 Å². The fraction of sp³-hybridized carbons (Fsp3) is 0.200. The second kappa shape index (κ2) is 5.91. The van der Waals surface area contributed by atoms with Gasteiger partial charge in [-0.15, -0.1) is 6.42 Å². The molecule has 60 valence electrons. The van der Waals surface area contributed by atoms with Gasteiger partial charge in [0.05, 0.1) is 0 Å². The second-order valence-electron chi connectivity index (χ2n) is 1.35. The third-order valence-corrected chi connectivity index (χ3v) is 0.586. The third kappa shape index (κ3) is 16.2. The zero-order valence-corrected chi connectivity index (χ0v) is 9.89. The first-order valence-electron chi connectivity index (χ1n) is 2.33. The molecule has 0 N–H and O–H groups in total. The van der Waals surface area contributed by atoms with E-state index in [9.17, 15) is 0 Å². The number of allylic oxidation sites excluding steroid dienone is 4. The van der Waals surface area contributed by atoms with Gasteiger partial charge in [0.15, 0.2) is 0 Å². The van der Waals surface area contributed by atoms with Crippen LogP contribution in [-0.4, -0.2) is 0 Å². The molecule has 0 bridgehead atoms. The van der Waals surface area contributed by atoms with Crippen LogP contribution in [0.25, 0.3) is 0 Å². The maximum absolute atomic E-state index is 5.02. The van der Waals surface area contributed by atoms with Gasteiger partial charge in [0, 0.05) is 0 Å². The molecule has 0 saturated heterocycles. The van der Waals surface area contributed by atoms with E-state index in [4.69, 9.17) is 37.7 Å². The van der Waals surface area contributed by atoms with Crippen LogP contribution in [0.15, 0.2) is 18.2 Å². The van der Waals surface area contributed by atoms with Crippen molar-refractivity contribution in [1.29, 1.82) is 0 Å². The van der Waals surface area contributed by atoms with Crippen LogP contribution in [0, 0.1) is 6.08 Å². The van der Waals surface area contributed by atoms with Crippen LogP contribution in [0.1, 0.15) is 6.42 Å². The molecule has 1 aliphatic rings. The van der Waals surface area contributed by atoms with Crippen LogP contribution >= 0.6 is 37.7 Å². The summed E-state index contributed by atoms with van der Waals surface area (Å²) in [6.07, 6.45) is 10.0. The van der Waals surface area contributed by atoms with Crippen molar-refractivity contribution in [2.45, 2.75) is 6.42 Å². The molecule has 0 unspecified atom stereocenters. The minimum atomic E-state index is -3.13. The molecule has 5 heteroatoms. The van der Waals surface area contributed by atoms with Gasteiger partial charge in [0.1, 0.15) is 0 Å². The summed E-state index contributed by atoms with van der Waals surface area (Å²) < 4.78 is 0. The fourth-order valence-corrected chi connectivity index (χ4v) is 0.340. The summed E-state index contributed by atoms with van der Waals surface area (Å²) in [6.45, 7) is 0. The van der Waals surface area contributed by atoms with E-state index in [1.807, 2.05) is 12.2 Å². The third-order valence-electron chi connectivity index (χ3n) is 0.586. The van der Waals surface area contributed by atoms with Gasteiger partial charge in [-0.25, -0.2) is 12.2 Å². The number of hydrogen-bond donors (Lipinski definition) is 0. The van der Waals surface area contributed by atoms with E-state index < -0.39 is 11.9 Å². The molecule has 10 heavy (non-hydrogen) atoms. The average Bonchev–Trinajstić information content (AvgIpc) is 2.07. The van der Waals surface area contributed by atoms with Gasteiger partial charge in [-0.2, -0.15) is 6.08 Å². The topological polar surface area (TPSA) is 0 Å². The molecule has 0 radical (unpaired) electrons. The van der Waals surface area contributed by atoms with Crippen LogP contribution in [0.4, 0.5) is 0 Å². The Morgan fingerprint density at radius 3 is 1.80 bits per heavy atom. The Labute approximate surface area is 79.7 Å². The predicted molar refractivity (Wildman–Crippen MR) is 45.0 cm³/mol. The Balaban J connectivity index is 0.000000162. The fourth-order valence-electron chi connectivity index (χ4n) is 0.340. The summed E-state index contributed by atoms with van der Waals surface area (Å²) in [5.41, 5.74) is 0. The Hall–Kier alpha value is 1.33. The first kappa shape index (κ1) is 11.3. The molecule has 1 aliphatic carbocycles. The van der Waals surface area contributed by atoms with Gasteiger partial charge in [-0.05, 0) is 0 Å². The van der Waals surface area contributed by atoms with Crippen molar-refractivity contribution in [1.82, 2.24) is 0 Å². The average molecular weight is 303 g/mol. The monoisotopic (exact) mass is 303 g/mol. The molecule has 0 aromatic carbocycles. The second-order valence-corrected chi connectivity index (χ2v) is 19.6. The molecule has 0 nitrogen and oxygen atoms in total. The zero-order valence-electron chi connectivity index (χ0n) is 4.86. The maximum atomic E-state index is 5.02. The molecule has 0 spiro atoms. The Kier molecular flexibility index (Phi) is 6.70. The molecule has 0 amide bonds. The van der Waals surface area contributed by atoms with Gasteiger partial charge in [0.2, 0.25) is 0 Å². The summed E-state index contributed by atoms with van der Waals surface area (Å²) in [4.78, 5) is 0. The molecule has 0 fully saturated rings. The number of rotatable bonds is 0. The van der Waals surface area contributed by atoms with Crippen molar-refractivity contribution in [2.75, 3.05) is 0 Å². The molecule has 0 heterocycles.